The third-order valence-electron chi connectivity index (χ3n) is 6.12. The molecule has 3 heterocycles. The van der Waals surface area contributed by atoms with E-state index in [-0.39, 0.29) is 18.4 Å². The zero-order valence-electron chi connectivity index (χ0n) is 16.9. The molecule has 30 heavy (non-hydrogen) atoms. The predicted octanol–water partition coefficient (Wildman–Crippen LogP) is 1.75. The van der Waals surface area contributed by atoms with Crippen molar-refractivity contribution in [1.29, 1.82) is 0 Å². The van der Waals surface area contributed by atoms with Gasteiger partial charge >= 0.3 is 0 Å². The van der Waals surface area contributed by atoms with Crippen LogP contribution in [0.5, 0.6) is 0 Å². The number of amides is 1. The van der Waals surface area contributed by atoms with Gasteiger partial charge < -0.3 is 14.8 Å². The summed E-state index contributed by atoms with van der Waals surface area (Å²) in [6.45, 7) is 2.81. The van der Waals surface area contributed by atoms with Crippen molar-refractivity contribution in [2.24, 2.45) is 5.92 Å². The van der Waals surface area contributed by atoms with Crippen LogP contribution in [-0.4, -0.2) is 68.1 Å². The van der Waals surface area contributed by atoms with Gasteiger partial charge in [-0.3, -0.25) is 4.79 Å². The number of hydrogen-bond donors (Lipinski definition) is 1. The van der Waals surface area contributed by atoms with Gasteiger partial charge in [-0.1, -0.05) is 29.8 Å². The van der Waals surface area contributed by atoms with E-state index in [2.05, 4.69) is 5.32 Å². The Balaban J connectivity index is 1.33. The molecule has 4 rings (SSSR count). The molecule has 3 saturated heterocycles. The monoisotopic (exact) mass is 457 g/mol. The largest absolute Gasteiger partial charge is 0.352 e. The van der Waals surface area contributed by atoms with E-state index in [0.717, 1.165) is 5.56 Å². The lowest BCUT2D eigenvalue weighted by molar-refractivity contribution is -0.179. The van der Waals surface area contributed by atoms with E-state index < -0.39 is 16.0 Å². The molecule has 0 aliphatic carbocycles. The lowest BCUT2D eigenvalue weighted by atomic mass is 9.99. The zero-order valence-corrected chi connectivity index (χ0v) is 18.5. The van der Waals surface area contributed by atoms with Crippen LogP contribution in [0.25, 0.3) is 0 Å². The van der Waals surface area contributed by atoms with Gasteiger partial charge in [0.05, 0.1) is 19.1 Å². The Kier molecular flexibility index (Phi) is 6.67. The Morgan fingerprint density at radius 3 is 2.53 bits per heavy atom. The van der Waals surface area contributed by atoms with Gasteiger partial charge in [-0.2, -0.15) is 17.0 Å². The summed E-state index contributed by atoms with van der Waals surface area (Å²) in [7, 11) is -3.62. The maximum Gasteiger partial charge on any atom is 0.282 e. The Morgan fingerprint density at radius 1 is 1.13 bits per heavy atom. The molecular formula is C20H28ClN3O5S. The van der Waals surface area contributed by atoms with Crippen molar-refractivity contribution >= 4 is 27.7 Å². The molecule has 1 N–H and O–H groups in total. The van der Waals surface area contributed by atoms with Gasteiger partial charge in [0.2, 0.25) is 5.91 Å². The summed E-state index contributed by atoms with van der Waals surface area (Å²) < 4.78 is 40.6. The molecule has 0 saturated carbocycles. The van der Waals surface area contributed by atoms with Crippen LogP contribution in [0, 0.1) is 5.92 Å². The zero-order chi connectivity index (χ0) is 21.2. The van der Waals surface area contributed by atoms with Crippen molar-refractivity contribution < 1.29 is 22.7 Å². The number of carbonyl (C=O) groups excluding carboxylic acids is 1. The van der Waals surface area contributed by atoms with Gasteiger partial charge in [-0.05, 0) is 24.5 Å². The molecule has 1 aromatic carbocycles. The summed E-state index contributed by atoms with van der Waals surface area (Å²) in [4.78, 5) is 12.7. The van der Waals surface area contributed by atoms with Gasteiger partial charge in [0.15, 0.2) is 5.79 Å². The van der Waals surface area contributed by atoms with Crippen LogP contribution >= 0.6 is 11.6 Å². The molecule has 1 atom stereocenters. The van der Waals surface area contributed by atoms with Crippen LogP contribution in [0.4, 0.5) is 0 Å². The van der Waals surface area contributed by atoms with Crippen molar-refractivity contribution in [2.45, 2.75) is 38.0 Å². The predicted molar refractivity (Wildman–Crippen MR) is 112 cm³/mol. The first-order valence-corrected chi connectivity index (χ1v) is 12.2. The highest BCUT2D eigenvalue weighted by molar-refractivity contribution is 7.86. The molecule has 8 nitrogen and oxygen atoms in total. The van der Waals surface area contributed by atoms with E-state index in [9.17, 15) is 13.2 Å². The van der Waals surface area contributed by atoms with Crippen LogP contribution in [0.15, 0.2) is 24.3 Å². The van der Waals surface area contributed by atoms with E-state index in [1.54, 1.807) is 6.07 Å². The molecule has 0 unspecified atom stereocenters. The highest BCUT2D eigenvalue weighted by Crippen LogP contribution is 2.33. The van der Waals surface area contributed by atoms with Gasteiger partial charge in [0, 0.05) is 50.6 Å². The summed E-state index contributed by atoms with van der Waals surface area (Å²) in [5.41, 5.74) is 0.839. The number of nitrogens with zero attached hydrogens (tertiary/aromatic N) is 2. The van der Waals surface area contributed by atoms with Crippen LogP contribution in [0.2, 0.25) is 5.02 Å². The Bertz CT molecular complexity index is 865. The lowest BCUT2D eigenvalue weighted by Gasteiger charge is -2.40. The molecule has 166 valence electrons. The lowest BCUT2D eigenvalue weighted by Crippen LogP contribution is -2.54. The van der Waals surface area contributed by atoms with E-state index in [4.69, 9.17) is 21.1 Å². The third kappa shape index (κ3) is 4.66. The normalized spacial score (nSPS) is 25.4. The van der Waals surface area contributed by atoms with Crippen LogP contribution < -0.4 is 5.32 Å². The van der Waals surface area contributed by atoms with Crippen molar-refractivity contribution in [2.75, 3.05) is 39.4 Å². The number of hydrogen-bond acceptors (Lipinski definition) is 5. The van der Waals surface area contributed by atoms with Crippen molar-refractivity contribution in [3.05, 3.63) is 34.9 Å². The van der Waals surface area contributed by atoms with E-state index in [0.29, 0.717) is 70.1 Å². The van der Waals surface area contributed by atoms with Crippen LogP contribution in [-0.2, 0) is 31.0 Å². The molecule has 3 aliphatic rings. The maximum atomic E-state index is 13.2. The summed E-state index contributed by atoms with van der Waals surface area (Å²) in [6, 6.07) is 7.35. The molecule has 3 fully saturated rings. The molecular weight excluding hydrogens is 430 g/mol. The molecule has 1 aromatic rings. The van der Waals surface area contributed by atoms with Gasteiger partial charge in [-0.15, -0.1) is 0 Å². The average Bonchev–Trinajstić information content (AvgIpc) is 3.21. The smallest absolute Gasteiger partial charge is 0.282 e. The number of ether oxygens (including phenoxy) is 2. The highest BCUT2D eigenvalue weighted by Gasteiger charge is 2.44. The minimum atomic E-state index is -3.62. The van der Waals surface area contributed by atoms with Crippen molar-refractivity contribution in [1.82, 2.24) is 13.9 Å². The maximum absolute atomic E-state index is 13.2. The fourth-order valence-corrected chi connectivity index (χ4v) is 6.24. The molecule has 0 bridgehead atoms. The summed E-state index contributed by atoms with van der Waals surface area (Å²) in [6.07, 6.45) is 2.39. The number of halogens is 1. The number of carbonyl (C=O) groups is 1. The first-order valence-electron chi connectivity index (χ1n) is 10.4. The second-order valence-corrected chi connectivity index (χ2v) is 10.4. The summed E-state index contributed by atoms with van der Waals surface area (Å²) in [5.74, 6) is -1.12. The van der Waals surface area contributed by atoms with Gasteiger partial charge in [-0.25, -0.2) is 0 Å². The van der Waals surface area contributed by atoms with Crippen LogP contribution in [0.1, 0.15) is 31.2 Å². The minimum absolute atomic E-state index is 0.139. The highest BCUT2D eigenvalue weighted by atomic mass is 35.5. The molecule has 0 radical (unpaired) electrons. The van der Waals surface area contributed by atoms with Crippen molar-refractivity contribution in [3.63, 3.8) is 0 Å². The Hall–Kier alpha value is -1.23. The Labute approximate surface area is 182 Å². The van der Waals surface area contributed by atoms with Gasteiger partial charge in [0.25, 0.3) is 10.2 Å². The second kappa shape index (κ2) is 9.10. The fourth-order valence-electron chi connectivity index (χ4n) is 4.34. The molecule has 1 spiro atoms. The Morgan fingerprint density at radius 2 is 1.83 bits per heavy atom. The fraction of sp³-hybridized carbons (Fsp3) is 0.650. The minimum Gasteiger partial charge on any atom is -0.352 e. The third-order valence-corrected chi connectivity index (χ3v) is 8.49. The van der Waals surface area contributed by atoms with E-state index in [1.807, 2.05) is 18.2 Å². The summed E-state index contributed by atoms with van der Waals surface area (Å²) in [5, 5.41) is 3.50. The topological polar surface area (TPSA) is 88.2 Å². The first-order chi connectivity index (χ1) is 14.4. The number of nitrogens with one attached hydrogen (secondary N) is 1. The molecule has 10 heteroatoms. The van der Waals surface area contributed by atoms with E-state index >= 15 is 0 Å². The van der Waals surface area contributed by atoms with Gasteiger partial charge in [0.1, 0.15) is 0 Å². The number of rotatable bonds is 5. The number of piperidine rings is 2. The average molecular weight is 458 g/mol. The molecule has 0 aromatic heterocycles. The van der Waals surface area contributed by atoms with Crippen molar-refractivity contribution in [3.8, 4) is 0 Å². The quantitative estimate of drug-likeness (QED) is 0.727. The summed E-state index contributed by atoms with van der Waals surface area (Å²) >= 11 is 6.15. The van der Waals surface area contributed by atoms with E-state index in [1.165, 1.54) is 8.61 Å². The first kappa shape index (κ1) is 22.0. The number of benzene rings is 1. The molecule has 3 aliphatic heterocycles. The standard InChI is InChI=1S/C20H28ClN3O5S/c21-18-6-2-1-4-16(18)14-22-19(25)17-5-3-9-24(15-17)30(26,27)23-10-7-20(8-11-23)28-12-13-29-20/h1-2,4,6,17H,3,5,7-15H2,(H,22,25)/t17-/m0/s1. The molecule has 1 amide bonds. The second-order valence-electron chi connectivity index (χ2n) is 8.02. The SMILES string of the molecule is O=C(NCc1ccccc1Cl)[C@H]1CCCN(S(=O)(=O)N2CCC3(CC2)OCCO3)C1. The van der Waals surface area contributed by atoms with Crippen LogP contribution in [0.3, 0.4) is 0 Å².